The van der Waals surface area contributed by atoms with Gasteiger partial charge in [-0.3, -0.25) is 0 Å². The summed E-state index contributed by atoms with van der Waals surface area (Å²) < 4.78 is 57.5. The summed E-state index contributed by atoms with van der Waals surface area (Å²) in [6.45, 7) is 0. The number of hydrogen-bond acceptors (Lipinski definition) is 2. The molecule has 3 rings (SSSR count). The molecule has 0 saturated carbocycles. The second kappa shape index (κ2) is 4.76. The van der Waals surface area contributed by atoms with Crippen LogP contribution < -0.4 is 0 Å². The molecule has 2 heterocycles. The van der Waals surface area contributed by atoms with Gasteiger partial charge in [-0.05, 0) is 36.4 Å². The molecule has 0 unspecified atom stereocenters. The maximum absolute atomic E-state index is 14.0. The summed E-state index contributed by atoms with van der Waals surface area (Å²) in [4.78, 5) is 0. The Hall–Kier alpha value is -2.57. The second-order valence-corrected chi connectivity index (χ2v) is 4.29. The molecule has 0 N–H and O–H groups in total. The van der Waals surface area contributed by atoms with Gasteiger partial charge in [-0.25, -0.2) is 9.07 Å². The van der Waals surface area contributed by atoms with Gasteiger partial charge in [0.1, 0.15) is 17.3 Å². The summed E-state index contributed by atoms with van der Waals surface area (Å²) in [5, 5.41) is 3.33. The molecule has 0 fully saturated rings. The molecule has 3 nitrogen and oxygen atoms in total. The van der Waals surface area contributed by atoms with Gasteiger partial charge in [0.05, 0.1) is 6.26 Å². The summed E-state index contributed by atoms with van der Waals surface area (Å²) in [6.07, 6.45) is -2.05. The maximum atomic E-state index is 14.0. The summed E-state index contributed by atoms with van der Waals surface area (Å²) >= 11 is 0. The van der Waals surface area contributed by atoms with Gasteiger partial charge in [0.2, 0.25) is 0 Å². The lowest BCUT2D eigenvalue weighted by Crippen LogP contribution is -2.07. The fourth-order valence-electron chi connectivity index (χ4n) is 1.90. The normalized spacial score (nSPS) is 11.8. The highest BCUT2D eigenvalue weighted by Gasteiger charge is 2.33. The summed E-state index contributed by atoms with van der Waals surface area (Å²) in [5.74, 6) is -0.224. The van der Waals surface area contributed by atoms with Crippen LogP contribution in [0.2, 0.25) is 0 Å². The fourth-order valence-corrected chi connectivity index (χ4v) is 1.90. The number of aromatic nitrogens is 2. The number of halogens is 4. The molecule has 0 radical (unpaired) electrons. The van der Waals surface area contributed by atoms with E-state index >= 15 is 0 Å². The van der Waals surface area contributed by atoms with Gasteiger partial charge in [-0.2, -0.15) is 18.3 Å². The predicted octanol–water partition coefficient (Wildman–Crippen LogP) is 4.29. The molecule has 0 saturated heterocycles. The number of rotatable bonds is 2. The van der Waals surface area contributed by atoms with Gasteiger partial charge in [0, 0.05) is 11.8 Å². The number of furan rings is 1. The standard InChI is InChI=1S/C14H8F4N2O/c15-10-8-9(12-2-1-7-21-12)3-4-11(10)20-6-5-13(19-20)14(16,17)18/h1-8H. The Balaban J connectivity index is 1.98. The zero-order valence-corrected chi connectivity index (χ0v) is 10.4. The number of alkyl halides is 3. The van der Waals surface area contributed by atoms with Crippen LogP contribution in [-0.4, -0.2) is 9.78 Å². The molecule has 7 heteroatoms. The van der Waals surface area contributed by atoms with Gasteiger partial charge in [-0.15, -0.1) is 0 Å². The Labute approximate surface area is 116 Å². The minimum atomic E-state index is -4.56. The third kappa shape index (κ3) is 2.54. The molecule has 0 bridgehead atoms. The Bertz CT molecular complexity index is 760. The fraction of sp³-hybridized carbons (Fsp3) is 0.0714. The van der Waals surface area contributed by atoms with Crippen LogP contribution in [0.5, 0.6) is 0 Å². The van der Waals surface area contributed by atoms with Gasteiger partial charge in [0.25, 0.3) is 0 Å². The van der Waals surface area contributed by atoms with Crippen LogP contribution >= 0.6 is 0 Å². The van der Waals surface area contributed by atoms with E-state index in [9.17, 15) is 17.6 Å². The van der Waals surface area contributed by atoms with Crippen LogP contribution in [0.1, 0.15) is 5.69 Å². The quantitative estimate of drug-likeness (QED) is 0.660. The zero-order valence-electron chi connectivity index (χ0n) is 10.4. The average molecular weight is 296 g/mol. The molecule has 0 aliphatic rings. The van der Waals surface area contributed by atoms with E-state index in [-0.39, 0.29) is 5.69 Å². The molecule has 0 amide bonds. The highest BCUT2D eigenvalue weighted by molar-refractivity contribution is 5.59. The highest BCUT2D eigenvalue weighted by atomic mass is 19.4. The Kier molecular flexibility index (Phi) is 3.04. The van der Waals surface area contributed by atoms with E-state index in [1.165, 1.54) is 18.4 Å². The summed E-state index contributed by atoms with van der Waals surface area (Å²) in [7, 11) is 0. The van der Waals surface area contributed by atoms with Crippen LogP contribution in [0.3, 0.4) is 0 Å². The molecule has 3 aromatic rings. The lowest BCUT2D eigenvalue weighted by molar-refractivity contribution is -0.141. The molecule has 1 aromatic carbocycles. The first-order valence-corrected chi connectivity index (χ1v) is 5.92. The minimum Gasteiger partial charge on any atom is -0.464 e. The van der Waals surface area contributed by atoms with E-state index in [1.54, 1.807) is 18.2 Å². The van der Waals surface area contributed by atoms with Gasteiger partial charge in [0.15, 0.2) is 5.69 Å². The van der Waals surface area contributed by atoms with Crippen molar-refractivity contribution in [2.24, 2.45) is 0 Å². The third-order valence-electron chi connectivity index (χ3n) is 2.88. The molecule has 2 aromatic heterocycles. The molecule has 108 valence electrons. The first-order chi connectivity index (χ1) is 9.95. The second-order valence-electron chi connectivity index (χ2n) is 4.29. The third-order valence-corrected chi connectivity index (χ3v) is 2.88. The number of benzene rings is 1. The van der Waals surface area contributed by atoms with Crippen LogP contribution in [0.4, 0.5) is 17.6 Å². The molecule has 0 aliphatic heterocycles. The van der Waals surface area contributed by atoms with Crippen LogP contribution in [-0.2, 0) is 6.18 Å². The van der Waals surface area contributed by atoms with E-state index in [1.807, 2.05) is 0 Å². The van der Waals surface area contributed by atoms with Crippen LogP contribution in [0.15, 0.2) is 53.3 Å². The van der Waals surface area contributed by atoms with Gasteiger partial charge < -0.3 is 4.42 Å². The first kappa shape index (κ1) is 13.4. The first-order valence-electron chi connectivity index (χ1n) is 5.92. The summed E-state index contributed by atoms with van der Waals surface area (Å²) in [5.41, 5.74) is -0.651. The minimum absolute atomic E-state index is 0.0687. The van der Waals surface area contributed by atoms with Crippen molar-refractivity contribution in [1.29, 1.82) is 0 Å². The molecule has 21 heavy (non-hydrogen) atoms. The zero-order chi connectivity index (χ0) is 15.0. The molecule has 0 spiro atoms. The smallest absolute Gasteiger partial charge is 0.435 e. The highest BCUT2D eigenvalue weighted by Crippen LogP contribution is 2.29. The van der Waals surface area contributed by atoms with E-state index in [0.29, 0.717) is 11.3 Å². The van der Waals surface area contributed by atoms with Crippen molar-refractivity contribution in [1.82, 2.24) is 9.78 Å². The molecule has 0 aliphatic carbocycles. The van der Waals surface area contributed by atoms with E-state index in [0.717, 1.165) is 16.9 Å². The SMILES string of the molecule is Fc1cc(-c2ccco2)ccc1-n1ccc(C(F)(F)F)n1. The van der Waals surface area contributed by atoms with Crippen LogP contribution in [0.25, 0.3) is 17.0 Å². The number of hydrogen-bond donors (Lipinski definition) is 0. The van der Waals surface area contributed by atoms with Gasteiger partial charge >= 0.3 is 6.18 Å². The van der Waals surface area contributed by atoms with E-state index in [2.05, 4.69) is 5.10 Å². The average Bonchev–Trinajstić information content (AvgIpc) is 3.09. The largest absolute Gasteiger partial charge is 0.464 e. The van der Waals surface area contributed by atoms with Crippen molar-refractivity contribution in [2.45, 2.75) is 6.18 Å². The van der Waals surface area contributed by atoms with Crippen molar-refractivity contribution >= 4 is 0 Å². The molecule has 0 atom stereocenters. The molecular weight excluding hydrogens is 288 g/mol. The predicted molar refractivity (Wildman–Crippen MR) is 66.2 cm³/mol. The van der Waals surface area contributed by atoms with Gasteiger partial charge in [-0.1, -0.05) is 0 Å². The Morgan fingerprint density at radius 3 is 2.48 bits per heavy atom. The van der Waals surface area contributed by atoms with E-state index < -0.39 is 17.7 Å². The lowest BCUT2D eigenvalue weighted by atomic mass is 10.1. The van der Waals surface area contributed by atoms with Crippen LogP contribution in [0, 0.1) is 5.82 Å². The van der Waals surface area contributed by atoms with Crippen molar-refractivity contribution in [3.8, 4) is 17.0 Å². The lowest BCUT2D eigenvalue weighted by Gasteiger charge is -2.06. The number of nitrogens with zero attached hydrogens (tertiary/aromatic N) is 2. The monoisotopic (exact) mass is 296 g/mol. The Morgan fingerprint density at radius 1 is 1.10 bits per heavy atom. The Morgan fingerprint density at radius 2 is 1.90 bits per heavy atom. The van der Waals surface area contributed by atoms with Crippen molar-refractivity contribution < 1.29 is 22.0 Å². The topological polar surface area (TPSA) is 31.0 Å². The van der Waals surface area contributed by atoms with Crippen molar-refractivity contribution in [3.05, 3.63) is 60.4 Å². The summed E-state index contributed by atoms with van der Waals surface area (Å²) in [6, 6.07) is 8.18. The van der Waals surface area contributed by atoms with Crippen molar-refractivity contribution in [2.75, 3.05) is 0 Å². The van der Waals surface area contributed by atoms with E-state index in [4.69, 9.17) is 4.42 Å². The maximum Gasteiger partial charge on any atom is 0.435 e. The van der Waals surface area contributed by atoms with Crippen molar-refractivity contribution in [3.63, 3.8) is 0 Å². The molecular formula is C14H8F4N2O.